The van der Waals surface area contributed by atoms with Gasteiger partial charge in [-0.2, -0.15) is 5.26 Å². The summed E-state index contributed by atoms with van der Waals surface area (Å²) in [4.78, 5) is 33.6. The molecule has 3 N–H and O–H groups in total. The molecule has 0 bridgehead atoms. The highest BCUT2D eigenvalue weighted by molar-refractivity contribution is 6.02. The van der Waals surface area contributed by atoms with Crippen molar-refractivity contribution in [3.8, 4) is 17.2 Å². The lowest BCUT2D eigenvalue weighted by molar-refractivity contribution is -0.131. The molecule has 3 rings (SSSR count). The Balaban J connectivity index is 1.75. The summed E-state index contributed by atoms with van der Waals surface area (Å²) in [6.45, 7) is -1.37. The zero-order chi connectivity index (χ0) is 20.3. The minimum atomic E-state index is -3.12. The van der Waals surface area contributed by atoms with Crippen LogP contribution in [0.15, 0.2) is 36.8 Å². The fourth-order valence-electron chi connectivity index (χ4n) is 2.96. The van der Waals surface area contributed by atoms with Crippen molar-refractivity contribution in [2.24, 2.45) is 0 Å². The fourth-order valence-corrected chi connectivity index (χ4v) is 2.96. The van der Waals surface area contributed by atoms with Gasteiger partial charge in [-0.1, -0.05) is 6.07 Å². The van der Waals surface area contributed by atoms with Gasteiger partial charge in [-0.05, 0) is 12.1 Å². The van der Waals surface area contributed by atoms with Crippen molar-refractivity contribution in [2.45, 2.75) is 18.4 Å². The summed E-state index contributed by atoms with van der Waals surface area (Å²) in [6.07, 6.45) is 3.81. The molecule has 144 valence electrons. The van der Waals surface area contributed by atoms with Crippen LogP contribution in [0.3, 0.4) is 0 Å². The van der Waals surface area contributed by atoms with E-state index < -0.39 is 43.3 Å². The topological polar surface area (TPSA) is 125 Å². The smallest absolute Gasteiger partial charge is 0.268 e. The van der Waals surface area contributed by atoms with E-state index in [4.69, 9.17) is 11.0 Å². The highest BCUT2D eigenvalue weighted by Gasteiger charge is 2.47. The van der Waals surface area contributed by atoms with E-state index in [2.05, 4.69) is 15.3 Å². The van der Waals surface area contributed by atoms with Crippen molar-refractivity contribution < 1.29 is 18.4 Å². The molecule has 2 aromatic rings. The summed E-state index contributed by atoms with van der Waals surface area (Å²) in [5, 5.41) is 11.4. The summed E-state index contributed by atoms with van der Waals surface area (Å²) >= 11 is 0. The van der Waals surface area contributed by atoms with Crippen LogP contribution in [0.4, 0.5) is 14.6 Å². The van der Waals surface area contributed by atoms with E-state index in [1.807, 2.05) is 0 Å². The third kappa shape index (κ3) is 4.03. The summed E-state index contributed by atoms with van der Waals surface area (Å²) in [7, 11) is 0. The van der Waals surface area contributed by atoms with Crippen molar-refractivity contribution >= 4 is 17.6 Å². The van der Waals surface area contributed by atoms with E-state index in [1.165, 1.54) is 12.3 Å². The molecule has 28 heavy (non-hydrogen) atoms. The molecule has 1 atom stereocenters. The highest BCUT2D eigenvalue weighted by atomic mass is 19.3. The first-order chi connectivity index (χ1) is 13.3. The van der Waals surface area contributed by atoms with E-state index in [1.54, 1.807) is 30.6 Å². The quantitative estimate of drug-likeness (QED) is 0.814. The summed E-state index contributed by atoms with van der Waals surface area (Å²) in [6, 6.07) is 5.23. The Bertz CT molecular complexity index is 945. The van der Waals surface area contributed by atoms with E-state index in [0.29, 0.717) is 11.1 Å². The second-order valence-corrected chi connectivity index (χ2v) is 6.31. The predicted molar refractivity (Wildman–Crippen MR) is 94.9 cm³/mol. The maximum Gasteiger partial charge on any atom is 0.268 e. The van der Waals surface area contributed by atoms with Gasteiger partial charge in [-0.3, -0.25) is 14.6 Å². The second kappa shape index (κ2) is 7.56. The Morgan fingerprint density at radius 1 is 1.43 bits per heavy atom. The third-order valence-electron chi connectivity index (χ3n) is 4.28. The molecule has 0 radical (unpaired) electrons. The summed E-state index contributed by atoms with van der Waals surface area (Å²) in [5.74, 6) is -4.40. The minimum Gasteiger partial charge on any atom is -0.384 e. The second-order valence-electron chi connectivity index (χ2n) is 6.31. The number of nitrogens with zero attached hydrogens (tertiary/aromatic N) is 4. The van der Waals surface area contributed by atoms with Crippen LogP contribution in [0.25, 0.3) is 11.1 Å². The van der Waals surface area contributed by atoms with Gasteiger partial charge in [0.15, 0.2) is 0 Å². The molecule has 1 aliphatic rings. The zero-order valence-corrected chi connectivity index (χ0v) is 14.6. The number of aromatic nitrogens is 2. The molecule has 2 amide bonds. The van der Waals surface area contributed by atoms with Crippen molar-refractivity contribution in [3.05, 3.63) is 42.4 Å². The number of nitriles is 1. The Labute approximate surface area is 159 Å². The molecule has 1 unspecified atom stereocenters. The number of anilines is 1. The number of carbonyl (C=O) groups excluding carboxylic acids is 2. The van der Waals surface area contributed by atoms with Gasteiger partial charge >= 0.3 is 0 Å². The number of nitrogen functional groups attached to an aromatic ring is 1. The van der Waals surface area contributed by atoms with E-state index >= 15 is 0 Å². The molecule has 0 spiro atoms. The van der Waals surface area contributed by atoms with E-state index in [9.17, 15) is 18.4 Å². The monoisotopic (exact) mass is 386 g/mol. The lowest BCUT2D eigenvalue weighted by Crippen LogP contribution is -2.43. The number of alkyl halides is 2. The van der Waals surface area contributed by atoms with Crippen LogP contribution in [0.2, 0.25) is 0 Å². The number of rotatable bonds is 4. The molecule has 3 heterocycles. The van der Waals surface area contributed by atoms with Gasteiger partial charge in [0, 0.05) is 36.1 Å². The standard InChI is InChI=1S/C18H16F2N6O2/c19-18(20)5-12(6-21)26(10-18)16(27)9-25-17(28)13-4-15(22)24-8-14(13)11-2-1-3-23-7-11/h1-4,7-8,12H,5,9-10H2,(H2,22,24)(H,25,28). The SMILES string of the molecule is N#CC1CC(F)(F)CN1C(=O)CNC(=O)c1cc(N)ncc1-c1cccnc1. The molecule has 0 aliphatic carbocycles. The lowest BCUT2D eigenvalue weighted by atomic mass is 10.0. The molecule has 1 saturated heterocycles. The molecule has 1 fully saturated rings. The van der Waals surface area contributed by atoms with Gasteiger partial charge in [0.2, 0.25) is 5.91 Å². The predicted octanol–water partition coefficient (Wildman–Crippen LogP) is 1.22. The van der Waals surface area contributed by atoms with Crippen LogP contribution >= 0.6 is 0 Å². The number of hydrogen-bond donors (Lipinski definition) is 2. The molecule has 2 aromatic heterocycles. The normalized spacial score (nSPS) is 17.8. The third-order valence-corrected chi connectivity index (χ3v) is 4.28. The van der Waals surface area contributed by atoms with Crippen LogP contribution in [-0.2, 0) is 4.79 Å². The summed E-state index contributed by atoms with van der Waals surface area (Å²) in [5.41, 5.74) is 6.90. The van der Waals surface area contributed by atoms with Gasteiger partial charge < -0.3 is 16.0 Å². The first kappa shape index (κ1) is 19.2. The average molecular weight is 386 g/mol. The lowest BCUT2D eigenvalue weighted by Gasteiger charge is -2.19. The number of nitrogens with two attached hydrogens (primary N) is 1. The van der Waals surface area contributed by atoms with Crippen molar-refractivity contribution in [3.63, 3.8) is 0 Å². The molecule has 8 nitrogen and oxygen atoms in total. The van der Waals surface area contributed by atoms with Crippen LogP contribution in [-0.4, -0.2) is 51.7 Å². The van der Waals surface area contributed by atoms with Gasteiger partial charge in [-0.15, -0.1) is 0 Å². The average Bonchev–Trinajstić information content (AvgIpc) is 3.01. The van der Waals surface area contributed by atoms with E-state index in [-0.39, 0.29) is 11.4 Å². The maximum absolute atomic E-state index is 13.5. The molecular weight excluding hydrogens is 370 g/mol. The Morgan fingerprint density at radius 2 is 2.21 bits per heavy atom. The van der Waals surface area contributed by atoms with Gasteiger partial charge in [0.25, 0.3) is 11.8 Å². The van der Waals surface area contributed by atoms with Gasteiger partial charge in [0.05, 0.1) is 24.7 Å². The van der Waals surface area contributed by atoms with E-state index in [0.717, 1.165) is 4.90 Å². The Kier molecular flexibility index (Phi) is 5.17. The molecule has 0 saturated carbocycles. The molecule has 1 aliphatic heterocycles. The first-order valence-electron chi connectivity index (χ1n) is 8.32. The maximum atomic E-state index is 13.5. The highest BCUT2D eigenvalue weighted by Crippen LogP contribution is 2.31. The minimum absolute atomic E-state index is 0.104. The largest absolute Gasteiger partial charge is 0.384 e. The Hall–Kier alpha value is -3.61. The van der Waals surface area contributed by atoms with Crippen LogP contribution in [0, 0.1) is 11.3 Å². The number of carbonyl (C=O) groups is 2. The fraction of sp³-hybridized carbons (Fsp3) is 0.278. The Morgan fingerprint density at radius 3 is 2.89 bits per heavy atom. The summed E-state index contributed by atoms with van der Waals surface area (Å²) < 4.78 is 27.0. The number of pyridine rings is 2. The number of hydrogen-bond acceptors (Lipinski definition) is 6. The van der Waals surface area contributed by atoms with Crippen LogP contribution in [0.1, 0.15) is 16.8 Å². The van der Waals surface area contributed by atoms with Gasteiger partial charge in [0.1, 0.15) is 11.9 Å². The van der Waals surface area contributed by atoms with Crippen LogP contribution < -0.4 is 11.1 Å². The van der Waals surface area contributed by atoms with Gasteiger partial charge in [-0.25, -0.2) is 13.8 Å². The van der Waals surface area contributed by atoms with Crippen molar-refractivity contribution in [2.75, 3.05) is 18.8 Å². The number of likely N-dealkylation sites (tertiary alicyclic amines) is 1. The van der Waals surface area contributed by atoms with Crippen molar-refractivity contribution in [1.82, 2.24) is 20.2 Å². The zero-order valence-electron chi connectivity index (χ0n) is 14.6. The number of nitrogens with one attached hydrogen (secondary N) is 1. The molecule has 0 aromatic carbocycles. The number of halogens is 2. The molecular formula is C18H16F2N6O2. The molecule has 10 heteroatoms. The van der Waals surface area contributed by atoms with Crippen molar-refractivity contribution in [1.29, 1.82) is 5.26 Å². The van der Waals surface area contributed by atoms with Crippen LogP contribution in [0.5, 0.6) is 0 Å². The first-order valence-corrected chi connectivity index (χ1v) is 8.32. The number of amides is 2.